The third-order valence-electron chi connectivity index (χ3n) is 3.46. The Morgan fingerprint density at radius 2 is 1.95 bits per heavy atom. The molecule has 0 bridgehead atoms. The van der Waals surface area contributed by atoms with Crippen LogP contribution in [0.2, 0.25) is 10.0 Å². The zero-order chi connectivity index (χ0) is 14.9. The number of rotatable bonds is 3. The van der Waals surface area contributed by atoms with E-state index in [1.807, 2.05) is 0 Å². The lowest BCUT2D eigenvalue weighted by Crippen LogP contribution is -2.56. The largest absolute Gasteiger partial charge is 0.479 e. The third-order valence-corrected chi connectivity index (χ3v) is 4.25. The third kappa shape index (κ3) is 2.75. The van der Waals surface area contributed by atoms with Crippen molar-refractivity contribution in [3.63, 3.8) is 0 Å². The minimum absolute atomic E-state index is 0.196. The highest BCUT2D eigenvalue weighted by Gasteiger charge is 2.42. The second-order valence-corrected chi connectivity index (χ2v) is 5.65. The van der Waals surface area contributed by atoms with Gasteiger partial charge in [-0.3, -0.25) is 4.79 Å². The van der Waals surface area contributed by atoms with Crippen LogP contribution >= 0.6 is 23.2 Å². The van der Waals surface area contributed by atoms with Gasteiger partial charge in [0, 0.05) is 22.2 Å². The molecule has 0 saturated carbocycles. The summed E-state index contributed by atoms with van der Waals surface area (Å²) in [6, 6.07) is 2.96. The lowest BCUT2D eigenvalue weighted by atomic mass is 9.98. The van der Waals surface area contributed by atoms with Gasteiger partial charge in [-0.1, -0.05) is 23.2 Å². The summed E-state index contributed by atoms with van der Waals surface area (Å²) in [6.45, 7) is 2.48. The average Bonchev–Trinajstić information content (AvgIpc) is 2.85. The smallest absolute Gasteiger partial charge is 0.330 e. The van der Waals surface area contributed by atoms with Gasteiger partial charge in [0.1, 0.15) is 0 Å². The molecule has 2 rings (SSSR count). The average molecular weight is 317 g/mol. The molecule has 0 aromatic heterocycles. The number of aliphatic carboxylic acids is 1. The van der Waals surface area contributed by atoms with Crippen molar-refractivity contribution in [3.8, 4) is 0 Å². The van der Waals surface area contributed by atoms with E-state index >= 15 is 0 Å². The molecule has 1 atom stereocenters. The van der Waals surface area contributed by atoms with Gasteiger partial charge in [0.05, 0.1) is 0 Å². The SMILES string of the molecule is Cc1c(Cl)cc(C(=O)NC2(C(=O)O)CCNC2)cc1Cl. The molecular formula is C13H14Cl2N2O3. The predicted octanol–water partition coefficient (Wildman–Crippen LogP) is 1.85. The van der Waals surface area contributed by atoms with Crippen molar-refractivity contribution >= 4 is 35.1 Å². The molecule has 108 valence electrons. The number of carbonyl (C=O) groups excluding carboxylic acids is 1. The molecule has 1 aromatic carbocycles. The van der Waals surface area contributed by atoms with E-state index in [-0.39, 0.29) is 12.1 Å². The zero-order valence-electron chi connectivity index (χ0n) is 10.8. The first-order valence-corrected chi connectivity index (χ1v) is 6.83. The Morgan fingerprint density at radius 3 is 2.40 bits per heavy atom. The van der Waals surface area contributed by atoms with Gasteiger partial charge in [-0.2, -0.15) is 0 Å². The maximum Gasteiger partial charge on any atom is 0.330 e. The molecule has 1 heterocycles. The van der Waals surface area contributed by atoms with Crippen LogP contribution in [0, 0.1) is 6.92 Å². The number of amides is 1. The van der Waals surface area contributed by atoms with Crippen molar-refractivity contribution < 1.29 is 14.7 Å². The molecule has 1 aliphatic heterocycles. The highest BCUT2D eigenvalue weighted by Crippen LogP contribution is 2.26. The number of benzene rings is 1. The number of carboxylic acids is 1. The van der Waals surface area contributed by atoms with Crippen molar-refractivity contribution in [2.75, 3.05) is 13.1 Å². The van der Waals surface area contributed by atoms with E-state index in [2.05, 4.69) is 10.6 Å². The van der Waals surface area contributed by atoms with Gasteiger partial charge in [0.2, 0.25) is 0 Å². The monoisotopic (exact) mass is 316 g/mol. The Balaban J connectivity index is 2.26. The topological polar surface area (TPSA) is 78.4 Å². The molecule has 0 aliphatic carbocycles. The molecule has 5 nitrogen and oxygen atoms in total. The Hall–Kier alpha value is -1.30. The molecule has 0 spiro atoms. The molecule has 20 heavy (non-hydrogen) atoms. The summed E-state index contributed by atoms with van der Waals surface area (Å²) >= 11 is 12.0. The van der Waals surface area contributed by atoms with Gasteiger partial charge in [-0.05, 0) is 37.6 Å². The lowest BCUT2D eigenvalue weighted by Gasteiger charge is -2.24. The van der Waals surface area contributed by atoms with Crippen LogP contribution in [-0.4, -0.2) is 35.6 Å². The van der Waals surface area contributed by atoms with Crippen molar-refractivity contribution in [1.29, 1.82) is 0 Å². The van der Waals surface area contributed by atoms with Crippen molar-refractivity contribution in [2.24, 2.45) is 0 Å². The first kappa shape index (κ1) is 15.1. The molecule has 1 aliphatic rings. The van der Waals surface area contributed by atoms with Crippen LogP contribution in [0.1, 0.15) is 22.3 Å². The Bertz CT molecular complexity index is 546. The normalized spacial score (nSPS) is 21.8. The number of hydrogen-bond acceptors (Lipinski definition) is 3. The van der Waals surface area contributed by atoms with Gasteiger partial charge in [-0.25, -0.2) is 4.79 Å². The van der Waals surface area contributed by atoms with Gasteiger partial charge < -0.3 is 15.7 Å². The summed E-state index contributed by atoms with van der Waals surface area (Å²) in [4.78, 5) is 23.6. The molecule has 3 N–H and O–H groups in total. The van der Waals surface area contributed by atoms with Crippen molar-refractivity contribution in [3.05, 3.63) is 33.3 Å². The fraction of sp³-hybridized carbons (Fsp3) is 0.385. The maximum absolute atomic E-state index is 12.2. The summed E-state index contributed by atoms with van der Waals surface area (Å²) in [5.74, 6) is -1.56. The molecule has 1 fully saturated rings. The van der Waals surface area contributed by atoms with E-state index in [1.165, 1.54) is 12.1 Å². The highest BCUT2D eigenvalue weighted by molar-refractivity contribution is 6.36. The molecule has 1 aromatic rings. The van der Waals surface area contributed by atoms with Crippen LogP contribution in [0.5, 0.6) is 0 Å². The van der Waals surface area contributed by atoms with Crippen molar-refractivity contribution in [1.82, 2.24) is 10.6 Å². The number of carboxylic acid groups (broad SMARTS) is 1. The van der Waals surface area contributed by atoms with E-state index in [1.54, 1.807) is 6.92 Å². The number of carbonyl (C=O) groups is 2. The molecule has 7 heteroatoms. The van der Waals surface area contributed by atoms with Gasteiger partial charge >= 0.3 is 5.97 Å². The highest BCUT2D eigenvalue weighted by atomic mass is 35.5. The van der Waals surface area contributed by atoms with E-state index < -0.39 is 17.4 Å². The fourth-order valence-corrected chi connectivity index (χ4v) is 2.59. The minimum Gasteiger partial charge on any atom is -0.479 e. The zero-order valence-corrected chi connectivity index (χ0v) is 12.3. The second kappa shape index (κ2) is 5.60. The van der Waals surface area contributed by atoms with E-state index in [4.69, 9.17) is 23.2 Å². The summed E-state index contributed by atoms with van der Waals surface area (Å²) < 4.78 is 0. The molecular weight excluding hydrogens is 303 g/mol. The number of halogens is 2. The summed E-state index contributed by atoms with van der Waals surface area (Å²) in [5, 5.41) is 15.5. The van der Waals surface area contributed by atoms with Crippen LogP contribution in [-0.2, 0) is 4.79 Å². The van der Waals surface area contributed by atoms with Gasteiger partial charge in [0.15, 0.2) is 5.54 Å². The van der Waals surface area contributed by atoms with Gasteiger partial charge in [0.25, 0.3) is 5.91 Å². The first-order chi connectivity index (χ1) is 9.35. The first-order valence-electron chi connectivity index (χ1n) is 6.08. The standard InChI is InChI=1S/C13H14Cl2N2O3/c1-7-9(14)4-8(5-10(7)15)11(18)17-13(12(19)20)2-3-16-6-13/h4-5,16H,2-3,6H2,1H3,(H,17,18)(H,19,20). The molecule has 0 radical (unpaired) electrons. The lowest BCUT2D eigenvalue weighted by molar-refractivity contribution is -0.143. The van der Waals surface area contributed by atoms with E-state index in [9.17, 15) is 14.7 Å². The number of hydrogen-bond donors (Lipinski definition) is 3. The van der Waals surface area contributed by atoms with Crippen LogP contribution < -0.4 is 10.6 Å². The summed E-state index contributed by atoms with van der Waals surface area (Å²) in [5.41, 5.74) is -0.348. The van der Waals surface area contributed by atoms with E-state index in [0.29, 0.717) is 28.6 Å². The predicted molar refractivity (Wildman–Crippen MR) is 76.5 cm³/mol. The Morgan fingerprint density at radius 1 is 1.35 bits per heavy atom. The van der Waals surface area contributed by atoms with Gasteiger partial charge in [-0.15, -0.1) is 0 Å². The fourth-order valence-electron chi connectivity index (χ4n) is 2.10. The molecule has 1 saturated heterocycles. The Labute approximate surface area is 126 Å². The Kier molecular flexibility index (Phi) is 4.22. The summed E-state index contributed by atoms with van der Waals surface area (Å²) in [7, 11) is 0. The van der Waals surface area contributed by atoms with E-state index in [0.717, 1.165) is 0 Å². The van der Waals surface area contributed by atoms with Crippen molar-refractivity contribution in [2.45, 2.75) is 18.9 Å². The van der Waals surface area contributed by atoms with Crippen LogP contribution in [0.15, 0.2) is 12.1 Å². The van der Waals surface area contributed by atoms with Crippen LogP contribution in [0.4, 0.5) is 0 Å². The molecule has 1 amide bonds. The quantitative estimate of drug-likeness (QED) is 0.795. The van der Waals surface area contributed by atoms with Crippen LogP contribution in [0.25, 0.3) is 0 Å². The number of nitrogens with one attached hydrogen (secondary N) is 2. The molecule has 1 unspecified atom stereocenters. The summed E-state index contributed by atoms with van der Waals surface area (Å²) in [6.07, 6.45) is 0.335. The minimum atomic E-state index is -1.28. The maximum atomic E-state index is 12.2. The second-order valence-electron chi connectivity index (χ2n) is 4.83. The van der Waals surface area contributed by atoms with Crippen LogP contribution in [0.3, 0.4) is 0 Å².